The highest BCUT2D eigenvalue weighted by atomic mass is 35.5. The van der Waals surface area contributed by atoms with E-state index in [0.29, 0.717) is 24.2 Å². The van der Waals surface area contributed by atoms with E-state index in [1.807, 2.05) is 45.9 Å². The van der Waals surface area contributed by atoms with Crippen LogP contribution in [-0.2, 0) is 11.3 Å². The summed E-state index contributed by atoms with van der Waals surface area (Å²) in [6.45, 7) is 10.5. The molecular formula is C19H29ClN2O3. The fraction of sp³-hybridized carbons (Fsp3) is 0.632. The van der Waals surface area contributed by atoms with E-state index in [2.05, 4.69) is 10.2 Å². The third-order valence-corrected chi connectivity index (χ3v) is 4.31. The van der Waals surface area contributed by atoms with Crippen molar-refractivity contribution >= 4 is 17.7 Å². The number of halogens is 1. The van der Waals surface area contributed by atoms with Gasteiger partial charge in [0.25, 0.3) is 0 Å². The van der Waals surface area contributed by atoms with Crippen LogP contribution >= 0.6 is 11.6 Å². The number of alkyl carbamates (subject to hydrolysis) is 1. The van der Waals surface area contributed by atoms with Crippen LogP contribution in [0, 0.1) is 0 Å². The van der Waals surface area contributed by atoms with E-state index in [0.717, 1.165) is 37.2 Å². The highest BCUT2D eigenvalue weighted by Gasteiger charge is 2.26. The molecule has 1 N–H and O–H groups in total. The number of benzene rings is 1. The molecule has 5 nitrogen and oxygen atoms in total. The van der Waals surface area contributed by atoms with Crippen LogP contribution in [0.5, 0.6) is 5.75 Å². The second-order valence-corrected chi connectivity index (χ2v) is 7.77. The van der Waals surface area contributed by atoms with Crippen molar-refractivity contribution in [2.75, 3.05) is 19.7 Å². The Kier molecular flexibility index (Phi) is 6.96. The Morgan fingerprint density at radius 3 is 2.84 bits per heavy atom. The molecular weight excluding hydrogens is 340 g/mol. The molecule has 2 rings (SSSR count). The van der Waals surface area contributed by atoms with Gasteiger partial charge in [-0.1, -0.05) is 11.6 Å². The predicted octanol–water partition coefficient (Wildman–Crippen LogP) is 4.23. The molecule has 1 unspecified atom stereocenters. The smallest absolute Gasteiger partial charge is 0.407 e. The van der Waals surface area contributed by atoms with E-state index >= 15 is 0 Å². The highest BCUT2D eigenvalue weighted by molar-refractivity contribution is 6.30. The van der Waals surface area contributed by atoms with Crippen molar-refractivity contribution in [1.29, 1.82) is 0 Å². The monoisotopic (exact) mass is 368 g/mol. The first-order chi connectivity index (χ1) is 11.8. The number of hydrogen-bond donors (Lipinski definition) is 1. The van der Waals surface area contributed by atoms with E-state index in [9.17, 15) is 4.79 Å². The Morgan fingerprint density at radius 2 is 2.16 bits per heavy atom. The maximum atomic E-state index is 11.9. The lowest BCUT2D eigenvalue weighted by Gasteiger charge is -2.26. The molecule has 1 heterocycles. The molecule has 0 spiro atoms. The lowest BCUT2D eigenvalue weighted by molar-refractivity contribution is 0.0512. The van der Waals surface area contributed by atoms with Crippen molar-refractivity contribution in [3.8, 4) is 5.75 Å². The Hall–Kier alpha value is -1.46. The second-order valence-electron chi connectivity index (χ2n) is 7.33. The minimum Gasteiger partial charge on any atom is -0.494 e. The van der Waals surface area contributed by atoms with Gasteiger partial charge in [-0.25, -0.2) is 4.79 Å². The van der Waals surface area contributed by atoms with Crippen LogP contribution in [0.2, 0.25) is 5.02 Å². The molecule has 0 bridgehead atoms. The third kappa shape index (κ3) is 6.40. The number of nitrogens with zero attached hydrogens (tertiary/aromatic N) is 1. The van der Waals surface area contributed by atoms with Gasteiger partial charge in [0.2, 0.25) is 0 Å². The van der Waals surface area contributed by atoms with E-state index in [1.165, 1.54) is 0 Å². The van der Waals surface area contributed by atoms with Crippen LogP contribution in [0.15, 0.2) is 18.2 Å². The molecule has 1 aromatic rings. The average molecular weight is 369 g/mol. The van der Waals surface area contributed by atoms with Crippen molar-refractivity contribution in [3.05, 3.63) is 28.8 Å². The Balaban J connectivity index is 1.95. The van der Waals surface area contributed by atoms with Crippen molar-refractivity contribution in [1.82, 2.24) is 10.2 Å². The highest BCUT2D eigenvalue weighted by Crippen LogP contribution is 2.27. The van der Waals surface area contributed by atoms with E-state index in [-0.39, 0.29) is 6.09 Å². The maximum Gasteiger partial charge on any atom is 0.407 e. The molecule has 1 aliphatic rings. The van der Waals surface area contributed by atoms with E-state index in [4.69, 9.17) is 21.1 Å². The van der Waals surface area contributed by atoms with Crippen molar-refractivity contribution in [2.24, 2.45) is 0 Å². The number of carbonyl (C=O) groups is 1. The minimum atomic E-state index is -0.480. The summed E-state index contributed by atoms with van der Waals surface area (Å²) in [5, 5.41) is 3.60. The SMILES string of the molecule is CCOc1ccc(Cl)cc1CN1CCCC1CNC(=O)OC(C)(C)C. The topological polar surface area (TPSA) is 50.8 Å². The summed E-state index contributed by atoms with van der Waals surface area (Å²) in [6.07, 6.45) is 1.81. The maximum absolute atomic E-state index is 11.9. The lowest BCUT2D eigenvalue weighted by atomic mass is 10.1. The number of nitrogens with one attached hydrogen (secondary N) is 1. The van der Waals surface area contributed by atoms with Gasteiger partial charge in [0.15, 0.2) is 0 Å². The molecule has 0 saturated carbocycles. The average Bonchev–Trinajstić information content (AvgIpc) is 2.93. The molecule has 0 radical (unpaired) electrons. The minimum absolute atomic E-state index is 0.293. The van der Waals surface area contributed by atoms with Crippen LogP contribution in [0.4, 0.5) is 4.79 Å². The molecule has 0 aliphatic carbocycles. The molecule has 0 aromatic heterocycles. The molecule has 25 heavy (non-hydrogen) atoms. The van der Waals surface area contributed by atoms with Gasteiger partial charge in [-0.15, -0.1) is 0 Å². The van der Waals surface area contributed by atoms with Crippen LogP contribution in [0.25, 0.3) is 0 Å². The second kappa shape index (κ2) is 8.77. The predicted molar refractivity (Wildman–Crippen MR) is 100 cm³/mol. The van der Waals surface area contributed by atoms with Gasteiger partial charge >= 0.3 is 6.09 Å². The largest absolute Gasteiger partial charge is 0.494 e. The van der Waals surface area contributed by atoms with Gasteiger partial charge in [-0.05, 0) is 65.3 Å². The van der Waals surface area contributed by atoms with Gasteiger partial charge in [-0.3, -0.25) is 4.90 Å². The van der Waals surface area contributed by atoms with Crippen LogP contribution in [0.3, 0.4) is 0 Å². The normalized spacial score (nSPS) is 18.2. The summed E-state index contributed by atoms with van der Waals surface area (Å²) >= 11 is 6.16. The molecule has 1 amide bonds. The number of amides is 1. The number of hydrogen-bond acceptors (Lipinski definition) is 4. The molecule has 1 saturated heterocycles. The zero-order chi connectivity index (χ0) is 18.4. The number of likely N-dealkylation sites (tertiary alicyclic amines) is 1. The number of ether oxygens (including phenoxy) is 2. The summed E-state index contributed by atoms with van der Waals surface area (Å²) in [6, 6.07) is 6.02. The van der Waals surface area contributed by atoms with Gasteiger partial charge in [-0.2, -0.15) is 0 Å². The summed E-state index contributed by atoms with van der Waals surface area (Å²) in [7, 11) is 0. The van der Waals surface area contributed by atoms with E-state index < -0.39 is 5.60 Å². The van der Waals surface area contributed by atoms with Crippen molar-refractivity contribution < 1.29 is 14.3 Å². The zero-order valence-corrected chi connectivity index (χ0v) is 16.4. The van der Waals surface area contributed by atoms with Crippen molar-refractivity contribution in [2.45, 2.75) is 58.7 Å². The van der Waals surface area contributed by atoms with Gasteiger partial charge in [0.1, 0.15) is 11.4 Å². The van der Waals surface area contributed by atoms with Crippen LogP contribution < -0.4 is 10.1 Å². The standard InChI is InChI=1S/C19H29ClN2O3/c1-5-24-17-9-8-15(20)11-14(17)13-22-10-6-7-16(22)12-21-18(23)25-19(2,3)4/h8-9,11,16H,5-7,10,12-13H2,1-4H3,(H,21,23). The summed E-state index contributed by atoms with van der Waals surface area (Å²) in [5.74, 6) is 0.873. The van der Waals surface area contributed by atoms with Gasteiger partial charge in [0.05, 0.1) is 6.61 Å². The van der Waals surface area contributed by atoms with Crippen LogP contribution in [-0.4, -0.2) is 42.3 Å². The first-order valence-electron chi connectivity index (χ1n) is 8.90. The van der Waals surface area contributed by atoms with Crippen LogP contribution in [0.1, 0.15) is 46.1 Å². The molecule has 1 fully saturated rings. The molecule has 6 heteroatoms. The Bertz CT molecular complexity index is 587. The number of rotatable bonds is 6. The first-order valence-corrected chi connectivity index (χ1v) is 9.28. The van der Waals surface area contributed by atoms with Gasteiger partial charge < -0.3 is 14.8 Å². The lowest BCUT2D eigenvalue weighted by Crippen LogP contribution is -2.41. The van der Waals surface area contributed by atoms with E-state index in [1.54, 1.807) is 0 Å². The first kappa shape index (κ1) is 19.9. The molecule has 1 aromatic carbocycles. The fourth-order valence-corrected chi connectivity index (χ4v) is 3.23. The molecule has 1 atom stereocenters. The summed E-state index contributed by atoms with van der Waals surface area (Å²) in [4.78, 5) is 14.2. The molecule has 1 aliphatic heterocycles. The van der Waals surface area contributed by atoms with Gasteiger partial charge in [0, 0.05) is 29.7 Å². The number of carbonyl (C=O) groups excluding carboxylic acids is 1. The summed E-state index contributed by atoms with van der Waals surface area (Å²) in [5.41, 5.74) is 0.602. The Morgan fingerprint density at radius 1 is 1.40 bits per heavy atom. The quantitative estimate of drug-likeness (QED) is 0.816. The zero-order valence-electron chi connectivity index (χ0n) is 15.6. The third-order valence-electron chi connectivity index (χ3n) is 4.08. The van der Waals surface area contributed by atoms with Crippen molar-refractivity contribution in [3.63, 3.8) is 0 Å². The Labute approximate surface area is 155 Å². The summed E-state index contributed by atoms with van der Waals surface area (Å²) < 4.78 is 11.0. The fourth-order valence-electron chi connectivity index (χ4n) is 3.04. The molecule has 140 valence electrons.